The van der Waals surface area contributed by atoms with E-state index in [4.69, 9.17) is 0 Å². The van der Waals surface area contributed by atoms with E-state index in [0.717, 1.165) is 18.5 Å². The Kier molecular flexibility index (Phi) is 4.13. The minimum absolute atomic E-state index is 0.382. The summed E-state index contributed by atoms with van der Waals surface area (Å²) in [7, 11) is 0. The summed E-state index contributed by atoms with van der Waals surface area (Å²) >= 11 is 5.62. The van der Waals surface area contributed by atoms with Gasteiger partial charge in [0.2, 0.25) is 0 Å². The molecule has 1 unspecified atom stereocenters. The molecule has 0 bridgehead atoms. The van der Waals surface area contributed by atoms with Crippen molar-refractivity contribution in [2.45, 2.75) is 24.6 Å². The molecule has 84 valence electrons. The second-order valence-corrected chi connectivity index (χ2v) is 5.96. The molecule has 2 heterocycles. The lowest BCUT2D eigenvalue weighted by atomic mass is 10.2. The third-order valence-corrected chi connectivity index (χ3v) is 4.92. The van der Waals surface area contributed by atoms with Gasteiger partial charge in [0, 0.05) is 28.1 Å². The van der Waals surface area contributed by atoms with Crippen molar-refractivity contribution in [2.75, 3.05) is 0 Å². The molecule has 2 aromatic rings. The molecule has 0 radical (unpaired) electrons. The number of halogens is 1. The molecule has 0 saturated heterocycles. The predicted octanol–water partition coefficient (Wildman–Crippen LogP) is 4.38. The van der Waals surface area contributed by atoms with E-state index in [9.17, 15) is 0 Å². The summed E-state index contributed by atoms with van der Waals surface area (Å²) < 4.78 is 0. The maximum atomic E-state index is 4.35. The van der Waals surface area contributed by atoms with Crippen molar-refractivity contribution in [3.63, 3.8) is 0 Å². The highest BCUT2D eigenvalue weighted by atomic mass is 79.9. The molecule has 1 atom stereocenters. The number of rotatable bonds is 4. The van der Waals surface area contributed by atoms with Gasteiger partial charge in [0.05, 0.1) is 4.83 Å². The van der Waals surface area contributed by atoms with E-state index in [1.807, 2.05) is 29.7 Å². The number of nitrogens with zero attached hydrogens (tertiary/aromatic N) is 1. The lowest BCUT2D eigenvalue weighted by Crippen LogP contribution is -1.94. The molecule has 0 amide bonds. The number of pyridine rings is 1. The van der Waals surface area contributed by atoms with E-state index >= 15 is 0 Å². The molecular formula is C13H14BrNS. The van der Waals surface area contributed by atoms with Crippen LogP contribution >= 0.6 is 27.3 Å². The third kappa shape index (κ3) is 2.92. The first-order chi connectivity index (χ1) is 7.79. The van der Waals surface area contributed by atoms with Crippen molar-refractivity contribution in [1.29, 1.82) is 0 Å². The van der Waals surface area contributed by atoms with E-state index in [1.54, 1.807) is 0 Å². The van der Waals surface area contributed by atoms with Crippen LogP contribution in [0.1, 0.15) is 27.2 Å². The van der Waals surface area contributed by atoms with Crippen LogP contribution in [0.5, 0.6) is 0 Å². The minimum atomic E-state index is 0.382. The van der Waals surface area contributed by atoms with Gasteiger partial charge >= 0.3 is 0 Å². The van der Waals surface area contributed by atoms with Gasteiger partial charge in [-0.25, -0.2) is 0 Å². The molecule has 2 aromatic heterocycles. The standard InChI is InChI=1S/C13H14BrNS/c1-2-11-6-7-13(16-11)12(14)9-10-5-3-4-8-15-10/h3-8,12H,2,9H2,1H3. The molecule has 2 rings (SSSR count). The second kappa shape index (κ2) is 5.60. The summed E-state index contributed by atoms with van der Waals surface area (Å²) in [5, 5.41) is 0. The first-order valence-corrected chi connectivity index (χ1v) is 7.15. The molecule has 0 aromatic carbocycles. The Hall–Kier alpha value is -0.670. The van der Waals surface area contributed by atoms with Crippen molar-refractivity contribution in [3.8, 4) is 0 Å². The zero-order valence-corrected chi connectivity index (χ0v) is 11.6. The van der Waals surface area contributed by atoms with Gasteiger partial charge in [-0.15, -0.1) is 11.3 Å². The van der Waals surface area contributed by atoms with Gasteiger partial charge in [0.25, 0.3) is 0 Å². The van der Waals surface area contributed by atoms with Crippen LogP contribution in [0.4, 0.5) is 0 Å². The fourth-order valence-corrected chi connectivity index (χ4v) is 3.25. The molecule has 0 aliphatic rings. The van der Waals surface area contributed by atoms with Gasteiger partial charge in [-0.1, -0.05) is 28.9 Å². The Morgan fingerprint density at radius 1 is 1.31 bits per heavy atom. The maximum absolute atomic E-state index is 4.35. The molecule has 0 aliphatic carbocycles. The molecule has 16 heavy (non-hydrogen) atoms. The van der Waals surface area contributed by atoms with E-state index in [1.165, 1.54) is 9.75 Å². The summed E-state index contributed by atoms with van der Waals surface area (Å²) in [6, 6.07) is 10.5. The average Bonchev–Trinajstić information content (AvgIpc) is 2.79. The van der Waals surface area contributed by atoms with Crippen LogP contribution in [-0.4, -0.2) is 4.98 Å². The van der Waals surface area contributed by atoms with E-state index in [2.05, 4.69) is 46.0 Å². The molecule has 0 spiro atoms. The number of aryl methyl sites for hydroxylation is 1. The Labute approximate surface area is 109 Å². The van der Waals surface area contributed by atoms with Crippen molar-refractivity contribution in [1.82, 2.24) is 4.98 Å². The van der Waals surface area contributed by atoms with Crippen LogP contribution < -0.4 is 0 Å². The minimum Gasteiger partial charge on any atom is -0.261 e. The normalized spacial score (nSPS) is 12.6. The van der Waals surface area contributed by atoms with Crippen molar-refractivity contribution >= 4 is 27.3 Å². The smallest absolute Gasteiger partial charge is 0.0544 e. The fraction of sp³-hybridized carbons (Fsp3) is 0.308. The van der Waals surface area contributed by atoms with Crippen LogP contribution in [0.15, 0.2) is 36.5 Å². The largest absolute Gasteiger partial charge is 0.261 e. The zero-order valence-electron chi connectivity index (χ0n) is 9.19. The molecule has 0 fully saturated rings. The van der Waals surface area contributed by atoms with Crippen molar-refractivity contribution in [3.05, 3.63) is 52.0 Å². The highest BCUT2D eigenvalue weighted by molar-refractivity contribution is 9.09. The van der Waals surface area contributed by atoms with Gasteiger partial charge in [-0.05, 0) is 30.7 Å². The number of alkyl halides is 1. The quantitative estimate of drug-likeness (QED) is 0.763. The fourth-order valence-electron chi connectivity index (χ4n) is 1.56. The number of thiophene rings is 1. The number of hydrogen-bond donors (Lipinski definition) is 0. The SMILES string of the molecule is CCc1ccc(C(Br)Cc2ccccn2)s1. The van der Waals surface area contributed by atoms with E-state index in [0.29, 0.717) is 4.83 Å². The topological polar surface area (TPSA) is 12.9 Å². The zero-order chi connectivity index (χ0) is 11.4. The number of aromatic nitrogens is 1. The summed E-state index contributed by atoms with van der Waals surface area (Å²) in [6.45, 7) is 2.19. The second-order valence-electron chi connectivity index (χ2n) is 3.65. The van der Waals surface area contributed by atoms with Crippen LogP contribution in [-0.2, 0) is 12.8 Å². The Bertz CT molecular complexity index is 438. The summed E-state index contributed by atoms with van der Waals surface area (Å²) in [5.41, 5.74) is 1.14. The summed E-state index contributed by atoms with van der Waals surface area (Å²) in [6.07, 6.45) is 3.92. The monoisotopic (exact) mass is 295 g/mol. The highest BCUT2D eigenvalue weighted by Gasteiger charge is 2.11. The van der Waals surface area contributed by atoms with Crippen molar-refractivity contribution < 1.29 is 0 Å². The van der Waals surface area contributed by atoms with Gasteiger partial charge in [0.1, 0.15) is 0 Å². The molecule has 0 aliphatic heterocycles. The first-order valence-electron chi connectivity index (χ1n) is 5.42. The first kappa shape index (κ1) is 11.8. The van der Waals surface area contributed by atoms with Crippen LogP contribution in [0.2, 0.25) is 0 Å². The van der Waals surface area contributed by atoms with Gasteiger partial charge in [-0.2, -0.15) is 0 Å². The van der Waals surface area contributed by atoms with Crippen LogP contribution in [0.25, 0.3) is 0 Å². The molecule has 0 saturated carbocycles. The van der Waals surface area contributed by atoms with E-state index in [-0.39, 0.29) is 0 Å². The lowest BCUT2D eigenvalue weighted by Gasteiger charge is -2.06. The summed E-state index contributed by atoms with van der Waals surface area (Å²) in [4.78, 5) is 7.56. The third-order valence-electron chi connectivity index (χ3n) is 2.45. The van der Waals surface area contributed by atoms with Crippen LogP contribution in [0.3, 0.4) is 0 Å². The van der Waals surface area contributed by atoms with Gasteiger partial charge in [-0.3, -0.25) is 4.98 Å². The Morgan fingerprint density at radius 3 is 2.81 bits per heavy atom. The highest BCUT2D eigenvalue weighted by Crippen LogP contribution is 2.32. The molecule has 1 nitrogen and oxygen atoms in total. The van der Waals surface area contributed by atoms with Gasteiger partial charge in [0.15, 0.2) is 0 Å². The molecule has 3 heteroatoms. The maximum Gasteiger partial charge on any atom is 0.0544 e. The average molecular weight is 296 g/mol. The summed E-state index contributed by atoms with van der Waals surface area (Å²) in [5.74, 6) is 0. The van der Waals surface area contributed by atoms with E-state index < -0.39 is 0 Å². The molecule has 0 N–H and O–H groups in total. The van der Waals surface area contributed by atoms with Crippen LogP contribution in [0, 0.1) is 0 Å². The lowest BCUT2D eigenvalue weighted by molar-refractivity contribution is 0.920. The molecular weight excluding hydrogens is 282 g/mol. The van der Waals surface area contributed by atoms with Gasteiger partial charge < -0.3 is 0 Å². The number of hydrogen-bond acceptors (Lipinski definition) is 2. The Balaban J connectivity index is 2.05. The Morgan fingerprint density at radius 2 is 2.19 bits per heavy atom. The predicted molar refractivity (Wildman–Crippen MR) is 73.3 cm³/mol. The van der Waals surface area contributed by atoms with Crippen molar-refractivity contribution in [2.24, 2.45) is 0 Å².